The Hall–Kier alpha value is -2.13. The van der Waals surface area contributed by atoms with E-state index in [0.717, 1.165) is 44.2 Å². The Labute approximate surface area is 222 Å². The van der Waals surface area contributed by atoms with Crippen molar-refractivity contribution in [3.8, 4) is 0 Å². The third kappa shape index (κ3) is 8.91. The van der Waals surface area contributed by atoms with Crippen molar-refractivity contribution in [2.24, 2.45) is 10.9 Å². The van der Waals surface area contributed by atoms with Crippen LogP contribution in [0.25, 0.3) is 0 Å². The number of piperidine rings is 1. The smallest absolute Gasteiger partial charge is 0.253 e. The summed E-state index contributed by atoms with van der Waals surface area (Å²) in [4.78, 5) is 20.9. The molecule has 0 atom stereocenters. The number of hydrogen-bond acceptors (Lipinski definition) is 3. The number of amides is 1. The Morgan fingerprint density at radius 1 is 1.00 bits per heavy atom. The normalized spacial score (nSPS) is 14.9. The quantitative estimate of drug-likeness (QED) is 0.280. The SMILES string of the molecule is CCNC(=NCc1ccc(C(=O)N(C)C)cc1)NCC1CCN(Cc2ccc(C)cc2)CC1.I. The van der Waals surface area contributed by atoms with Gasteiger partial charge in [0.2, 0.25) is 0 Å². The van der Waals surface area contributed by atoms with E-state index in [1.807, 2.05) is 24.3 Å². The summed E-state index contributed by atoms with van der Waals surface area (Å²) >= 11 is 0. The molecular formula is C27H40IN5O. The van der Waals surface area contributed by atoms with E-state index in [0.29, 0.717) is 18.0 Å². The molecule has 0 unspecified atom stereocenters. The molecule has 2 aromatic carbocycles. The molecule has 2 N–H and O–H groups in total. The molecule has 1 aliphatic heterocycles. The highest BCUT2D eigenvalue weighted by Gasteiger charge is 2.19. The molecule has 3 rings (SSSR count). The van der Waals surface area contributed by atoms with Crippen LogP contribution < -0.4 is 10.6 Å². The minimum atomic E-state index is 0. The zero-order valence-electron chi connectivity index (χ0n) is 21.0. The van der Waals surface area contributed by atoms with Gasteiger partial charge in [0.05, 0.1) is 6.54 Å². The summed E-state index contributed by atoms with van der Waals surface area (Å²) in [6, 6.07) is 16.6. The molecule has 6 nitrogen and oxygen atoms in total. The molecule has 1 saturated heterocycles. The first-order valence-electron chi connectivity index (χ1n) is 12.0. The molecule has 34 heavy (non-hydrogen) atoms. The van der Waals surface area contributed by atoms with Gasteiger partial charge in [-0.3, -0.25) is 9.69 Å². The molecule has 0 saturated carbocycles. The molecule has 0 radical (unpaired) electrons. The second-order valence-corrected chi connectivity index (χ2v) is 9.18. The summed E-state index contributed by atoms with van der Waals surface area (Å²) in [5, 5.41) is 6.89. The number of likely N-dealkylation sites (tertiary alicyclic amines) is 1. The summed E-state index contributed by atoms with van der Waals surface area (Å²) < 4.78 is 0. The van der Waals surface area contributed by atoms with E-state index < -0.39 is 0 Å². The lowest BCUT2D eigenvalue weighted by Gasteiger charge is -2.32. The Morgan fingerprint density at radius 3 is 2.21 bits per heavy atom. The largest absolute Gasteiger partial charge is 0.357 e. The number of rotatable bonds is 8. The van der Waals surface area contributed by atoms with E-state index in [1.165, 1.54) is 24.0 Å². The van der Waals surface area contributed by atoms with Crippen LogP contribution in [0.2, 0.25) is 0 Å². The maximum atomic E-state index is 12.0. The molecule has 1 aliphatic rings. The number of hydrogen-bond donors (Lipinski definition) is 2. The predicted octanol–water partition coefficient (Wildman–Crippen LogP) is 4.28. The minimum Gasteiger partial charge on any atom is -0.357 e. The van der Waals surface area contributed by atoms with Crippen LogP contribution in [0, 0.1) is 12.8 Å². The van der Waals surface area contributed by atoms with Gasteiger partial charge in [-0.25, -0.2) is 4.99 Å². The maximum Gasteiger partial charge on any atom is 0.253 e. The number of halogens is 1. The summed E-state index contributed by atoms with van der Waals surface area (Å²) in [6.45, 7) is 9.92. The van der Waals surface area contributed by atoms with E-state index in [9.17, 15) is 4.79 Å². The van der Waals surface area contributed by atoms with Crippen molar-refractivity contribution in [1.82, 2.24) is 20.4 Å². The first kappa shape index (κ1) is 28.1. The fourth-order valence-electron chi connectivity index (χ4n) is 4.06. The molecule has 0 aromatic heterocycles. The van der Waals surface area contributed by atoms with E-state index in [4.69, 9.17) is 4.99 Å². The molecule has 0 aliphatic carbocycles. The van der Waals surface area contributed by atoms with Crippen molar-refractivity contribution in [1.29, 1.82) is 0 Å². The molecule has 2 aromatic rings. The average molecular weight is 578 g/mol. The Bertz CT molecular complexity index is 904. The number of carbonyl (C=O) groups excluding carboxylic acids is 1. The van der Waals surface area contributed by atoms with Gasteiger partial charge in [-0.05, 0) is 69.0 Å². The summed E-state index contributed by atoms with van der Waals surface area (Å²) in [5.41, 5.74) is 4.51. The summed E-state index contributed by atoms with van der Waals surface area (Å²) in [6.07, 6.45) is 2.42. The molecule has 0 spiro atoms. The first-order chi connectivity index (χ1) is 15.9. The first-order valence-corrected chi connectivity index (χ1v) is 12.0. The van der Waals surface area contributed by atoms with E-state index >= 15 is 0 Å². The highest BCUT2D eigenvalue weighted by Crippen LogP contribution is 2.18. The standard InChI is InChI=1S/C27H39N5O.HI/c1-5-28-27(29-18-22-10-12-25(13-11-22)26(33)31(3)4)30-19-23-14-16-32(17-15-23)20-24-8-6-21(2)7-9-24;/h6-13,23H,5,14-20H2,1-4H3,(H2,28,29,30);1H. The van der Waals surface area contributed by atoms with E-state index in [1.54, 1.807) is 19.0 Å². The fourth-order valence-corrected chi connectivity index (χ4v) is 4.06. The van der Waals surface area contributed by atoms with Gasteiger partial charge in [-0.1, -0.05) is 42.0 Å². The molecule has 186 valence electrons. The third-order valence-corrected chi connectivity index (χ3v) is 6.16. The van der Waals surface area contributed by atoms with Crippen molar-refractivity contribution < 1.29 is 4.79 Å². The molecule has 1 amide bonds. The van der Waals surface area contributed by atoms with Gasteiger partial charge < -0.3 is 15.5 Å². The van der Waals surface area contributed by atoms with Gasteiger partial charge >= 0.3 is 0 Å². The zero-order valence-corrected chi connectivity index (χ0v) is 23.3. The van der Waals surface area contributed by atoms with Gasteiger partial charge in [-0.2, -0.15) is 0 Å². The van der Waals surface area contributed by atoms with Crippen LogP contribution in [0.15, 0.2) is 53.5 Å². The molecule has 7 heteroatoms. The number of carbonyl (C=O) groups is 1. The van der Waals surface area contributed by atoms with E-state index in [-0.39, 0.29) is 29.9 Å². The Morgan fingerprint density at radius 2 is 1.62 bits per heavy atom. The molecule has 1 fully saturated rings. The van der Waals surface area contributed by atoms with Crippen LogP contribution in [-0.2, 0) is 13.1 Å². The number of nitrogens with one attached hydrogen (secondary N) is 2. The lowest BCUT2D eigenvalue weighted by molar-refractivity contribution is 0.0827. The van der Waals surface area contributed by atoms with Crippen LogP contribution in [0.3, 0.4) is 0 Å². The molecule has 0 bridgehead atoms. The van der Waals surface area contributed by atoms with Crippen molar-refractivity contribution >= 4 is 35.8 Å². The van der Waals surface area contributed by atoms with E-state index in [2.05, 4.69) is 53.6 Å². The molecular weight excluding hydrogens is 537 g/mol. The van der Waals surface area contributed by atoms with Crippen molar-refractivity contribution in [2.45, 2.75) is 39.8 Å². The number of benzene rings is 2. The van der Waals surface area contributed by atoms with Gasteiger partial charge in [0, 0.05) is 39.3 Å². The van der Waals surface area contributed by atoms with Crippen LogP contribution in [0.5, 0.6) is 0 Å². The second kappa shape index (κ2) is 14.3. The Balaban J connectivity index is 0.00000408. The second-order valence-electron chi connectivity index (χ2n) is 9.18. The van der Waals surface area contributed by atoms with Crippen molar-refractivity contribution in [2.75, 3.05) is 40.3 Å². The molecule has 1 heterocycles. The fraction of sp³-hybridized carbons (Fsp3) is 0.481. The van der Waals surface area contributed by atoms with Crippen LogP contribution in [0.1, 0.15) is 46.8 Å². The summed E-state index contributed by atoms with van der Waals surface area (Å²) in [7, 11) is 3.53. The number of nitrogens with zero attached hydrogens (tertiary/aromatic N) is 3. The Kier molecular flexibility index (Phi) is 11.8. The maximum absolute atomic E-state index is 12.0. The van der Waals surface area contributed by atoms with Crippen LogP contribution >= 0.6 is 24.0 Å². The third-order valence-electron chi connectivity index (χ3n) is 6.16. The van der Waals surface area contributed by atoms with Crippen LogP contribution in [-0.4, -0.2) is 61.9 Å². The van der Waals surface area contributed by atoms with Gasteiger partial charge in [0.1, 0.15) is 0 Å². The van der Waals surface area contributed by atoms with Gasteiger partial charge in [-0.15, -0.1) is 24.0 Å². The highest BCUT2D eigenvalue weighted by atomic mass is 127. The van der Waals surface area contributed by atoms with Crippen molar-refractivity contribution in [3.63, 3.8) is 0 Å². The van der Waals surface area contributed by atoms with Gasteiger partial charge in [0.15, 0.2) is 5.96 Å². The minimum absolute atomic E-state index is 0. The monoisotopic (exact) mass is 577 g/mol. The average Bonchev–Trinajstić information content (AvgIpc) is 2.83. The summed E-state index contributed by atoms with van der Waals surface area (Å²) in [5.74, 6) is 1.54. The van der Waals surface area contributed by atoms with Gasteiger partial charge in [0.25, 0.3) is 5.91 Å². The number of aryl methyl sites for hydroxylation is 1. The number of guanidine groups is 1. The zero-order chi connectivity index (χ0) is 23.6. The topological polar surface area (TPSA) is 60.0 Å². The number of aliphatic imine (C=N–C) groups is 1. The van der Waals surface area contributed by atoms with Crippen LogP contribution in [0.4, 0.5) is 0 Å². The lowest BCUT2D eigenvalue weighted by atomic mass is 9.96. The highest BCUT2D eigenvalue weighted by molar-refractivity contribution is 14.0. The predicted molar refractivity (Wildman–Crippen MR) is 152 cm³/mol. The van der Waals surface area contributed by atoms with Crippen molar-refractivity contribution in [3.05, 3.63) is 70.8 Å². The lowest BCUT2D eigenvalue weighted by Crippen LogP contribution is -2.42.